The van der Waals surface area contributed by atoms with Gasteiger partial charge in [-0.3, -0.25) is 14.7 Å². The number of fused-ring (bicyclic) bond motifs is 2. The molecule has 7 nitrogen and oxygen atoms in total. The first-order valence-corrected chi connectivity index (χ1v) is 14.0. The first-order chi connectivity index (χ1) is 20.5. The van der Waals surface area contributed by atoms with E-state index in [0.717, 1.165) is 57.6 Å². The monoisotopic (exact) mass is 553 g/mol. The Kier molecular flexibility index (Phi) is 7.89. The van der Waals surface area contributed by atoms with Crippen LogP contribution in [-0.4, -0.2) is 57.8 Å². The van der Waals surface area contributed by atoms with E-state index in [9.17, 15) is 4.79 Å². The maximum absolute atomic E-state index is 13.4. The van der Waals surface area contributed by atoms with Crippen molar-refractivity contribution in [3.63, 3.8) is 0 Å². The Morgan fingerprint density at radius 3 is 2.60 bits per heavy atom. The van der Waals surface area contributed by atoms with Crippen LogP contribution >= 0.6 is 0 Å². The van der Waals surface area contributed by atoms with E-state index < -0.39 is 0 Å². The summed E-state index contributed by atoms with van der Waals surface area (Å²) < 4.78 is 5.95. The fourth-order valence-corrected chi connectivity index (χ4v) is 4.84. The van der Waals surface area contributed by atoms with E-state index in [-0.39, 0.29) is 5.91 Å². The number of carbonyl (C=O) groups excluding carboxylic acids is 1. The van der Waals surface area contributed by atoms with Crippen molar-refractivity contribution < 1.29 is 9.53 Å². The Hall–Kier alpha value is -5.06. The fourth-order valence-electron chi connectivity index (χ4n) is 4.84. The molecule has 7 heteroatoms. The number of amides is 1. The van der Waals surface area contributed by atoms with Crippen LogP contribution in [0.3, 0.4) is 0 Å². The minimum Gasteiger partial charge on any atom is -0.489 e. The third-order valence-corrected chi connectivity index (χ3v) is 7.17. The summed E-state index contributed by atoms with van der Waals surface area (Å²) in [6, 6.07) is 25.4. The second kappa shape index (κ2) is 12.2. The van der Waals surface area contributed by atoms with E-state index in [4.69, 9.17) is 9.72 Å². The molecular formula is C35H31N5O2. The van der Waals surface area contributed by atoms with Gasteiger partial charge in [0.2, 0.25) is 0 Å². The molecule has 0 saturated heterocycles. The molecule has 0 atom stereocenters. The van der Waals surface area contributed by atoms with E-state index >= 15 is 0 Å². The maximum Gasteiger partial charge on any atom is 0.254 e. The molecule has 0 N–H and O–H groups in total. The molecule has 0 radical (unpaired) electrons. The van der Waals surface area contributed by atoms with E-state index in [2.05, 4.69) is 27.9 Å². The van der Waals surface area contributed by atoms with Crippen LogP contribution in [0, 0.1) is 11.8 Å². The first-order valence-electron chi connectivity index (χ1n) is 14.0. The van der Waals surface area contributed by atoms with Gasteiger partial charge >= 0.3 is 0 Å². The van der Waals surface area contributed by atoms with Crippen LogP contribution in [0.5, 0.6) is 5.75 Å². The highest BCUT2D eigenvalue weighted by molar-refractivity contribution is 5.94. The first kappa shape index (κ1) is 27.1. The van der Waals surface area contributed by atoms with Gasteiger partial charge in [-0.2, -0.15) is 0 Å². The summed E-state index contributed by atoms with van der Waals surface area (Å²) in [4.78, 5) is 31.2. The van der Waals surface area contributed by atoms with Crippen LogP contribution in [-0.2, 0) is 19.6 Å². The van der Waals surface area contributed by atoms with Gasteiger partial charge in [-0.1, -0.05) is 42.2 Å². The van der Waals surface area contributed by atoms with Gasteiger partial charge < -0.3 is 9.64 Å². The van der Waals surface area contributed by atoms with Gasteiger partial charge in [0, 0.05) is 41.0 Å². The molecule has 2 aromatic heterocycles. The van der Waals surface area contributed by atoms with Crippen LogP contribution in [0.1, 0.15) is 32.7 Å². The lowest BCUT2D eigenvalue weighted by molar-refractivity contribution is 0.0731. The third kappa shape index (κ3) is 6.30. The molecule has 0 fully saturated rings. The van der Waals surface area contributed by atoms with Crippen LogP contribution < -0.4 is 4.74 Å². The third-order valence-electron chi connectivity index (χ3n) is 7.17. The number of hydrogen-bond donors (Lipinski definition) is 0. The lowest BCUT2D eigenvalue weighted by atomic mass is 10.0. The maximum atomic E-state index is 13.4. The van der Waals surface area contributed by atoms with Gasteiger partial charge in [0.1, 0.15) is 12.4 Å². The Morgan fingerprint density at radius 2 is 1.79 bits per heavy atom. The zero-order chi connectivity index (χ0) is 28.9. The molecule has 42 heavy (non-hydrogen) atoms. The van der Waals surface area contributed by atoms with Crippen molar-refractivity contribution in [3.8, 4) is 29.0 Å². The van der Waals surface area contributed by atoms with E-state index in [1.807, 2.05) is 103 Å². The molecule has 3 heterocycles. The van der Waals surface area contributed by atoms with Gasteiger partial charge in [-0.15, -0.1) is 0 Å². The predicted octanol–water partition coefficient (Wildman–Crippen LogP) is 5.38. The SMILES string of the molecule is CN(C)CC#Cc1ccc(OCc2ccc(C(=O)N3CCc4cnc(-c5cnc6ccccc6c5)nc4C3)cc2)cc1. The molecule has 0 spiro atoms. The highest BCUT2D eigenvalue weighted by atomic mass is 16.5. The van der Waals surface area contributed by atoms with Crippen molar-refractivity contribution in [2.24, 2.45) is 0 Å². The minimum absolute atomic E-state index is 0.00776. The second-order valence-electron chi connectivity index (χ2n) is 10.6. The van der Waals surface area contributed by atoms with Gasteiger partial charge in [-0.05, 0) is 80.2 Å². The number of rotatable bonds is 6. The molecule has 6 rings (SSSR count). The summed E-state index contributed by atoms with van der Waals surface area (Å²) in [6.07, 6.45) is 4.41. The van der Waals surface area contributed by atoms with Gasteiger partial charge in [-0.25, -0.2) is 9.97 Å². The van der Waals surface area contributed by atoms with Crippen LogP contribution in [0.2, 0.25) is 0 Å². The van der Waals surface area contributed by atoms with Gasteiger partial charge in [0.05, 0.1) is 24.3 Å². The number of ether oxygens (including phenoxy) is 1. The van der Waals surface area contributed by atoms with E-state index in [0.29, 0.717) is 31.1 Å². The number of benzene rings is 3. The normalized spacial score (nSPS) is 12.5. The molecular weight excluding hydrogens is 522 g/mol. The van der Waals surface area contributed by atoms with Gasteiger partial charge in [0.25, 0.3) is 5.91 Å². The summed E-state index contributed by atoms with van der Waals surface area (Å²) in [6.45, 7) is 2.22. The number of hydrogen-bond acceptors (Lipinski definition) is 6. The zero-order valence-corrected chi connectivity index (χ0v) is 23.7. The molecule has 0 aliphatic carbocycles. The Labute approximate surface area is 245 Å². The number of aromatic nitrogens is 3. The number of pyridine rings is 1. The topological polar surface area (TPSA) is 71.5 Å². The molecule has 0 bridgehead atoms. The van der Waals surface area contributed by atoms with Crippen molar-refractivity contribution in [2.75, 3.05) is 27.2 Å². The highest BCUT2D eigenvalue weighted by Crippen LogP contribution is 2.24. The summed E-state index contributed by atoms with van der Waals surface area (Å²) in [5.41, 5.74) is 6.36. The average molecular weight is 554 g/mol. The second-order valence-corrected chi connectivity index (χ2v) is 10.6. The van der Waals surface area contributed by atoms with E-state index in [1.54, 1.807) is 6.20 Å². The van der Waals surface area contributed by atoms with Crippen molar-refractivity contribution in [1.29, 1.82) is 0 Å². The Morgan fingerprint density at radius 1 is 0.976 bits per heavy atom. The molecule has 5 aromatic rings. The van der Waals surface area contributed by atoms with Crippen molar-refractivity contribution >= 4 is 16.8 Å². The fraction of sp³-hybridized carbons (Fsp3) is 0.200. The van der Waals surface area contributed by atoms with Crippen molar-refractivity contribution in [2.45, 2.75) is 19.6 Å². The van der Waals surface area contributed by atoms with Gasteiger partial charge in [0.15, 0.2) is 5.82 Å². The Balaban J connectivity index is 1.08. The minimum atomic E-state index is -0.00776. The molecule has 0 unspecified atom stereocenters. The van der Waals surface area contributed by atoms with Crippen molar-refractivity contribution in [1.82, 2.24) is 24.8 Å². The smallest absolute Gasteiger partial charge is 0.254 e. The quantitative estimate of drug-likeness (QED) is 0.263. The molecule has 208 valence electrons. The average Bonchev–Trinajstić information content (AvgIpc) is 3.03. The summed E-state index contributed by atoms with van der Waals surface area (Å²) in [5, 5.41) is 1.04. The van der Waals surface area contributed by atoms with Crippen LogP contribution in [0.4, 0.5) is 0 Å². The zero-order valence-electron chi connectivity index (χ0n) is 23.7. The standard InChI is InChI=1S/C35H31N5O2/c1-39(2)18-5-6-25-11-15-31(16-12-25)42-24-26-9-13-27(14-10-26)35(41)40-19-17-29-21-37-34(38-33(29)23-40)30-20-28-7-3-4-8-32(28)36-22-30/h3-4,7-16,20-22H,17-19,23-24H2,1-2H3. The molecule has 3 aromatic carbocycles. The Bertz CT molecular complexity index is 1790. The lowest BCUT2D eigenvalue weighted by Gasteiger charge is -2.28. The summed E-state index contributed by atoms with van der Waals surface area (Å²) in [5.74, 6) is 7.67. The number of nitrogens with zero attached hydrogens (tertiary/aromatic N) is 5. The summed E-state index contributed by atoms with van der Waals surface area (Å²) in [7, 11) is 3.99. The molecule has 1 aliphatic rings. The number of para-hydroxylation sites is 1. The molecule has 1 amide bonds. The van der Waals surface area contributed by atoms with Crippen LogP contribution in [0.25, 0.3) is 22.3 Å². The lowest BCUT2D eigenvalue weighted by Crippen LogP contribution is -2.36. The molecule has 1 aliphatic heterocycles. The predicted molar refractivity (Wildman–Crippen MR) is 164 cm³/mol. The largest absolute Gasteiger partial charge is 0.489 e. The summed E-state index contributed by atoms with van der Waals surface area (Å²) >= 11 is 0. The van der Waals surface area contributed by atoms with E-state index in [1.165, 1.54) is 0 Å². The number of carbonyl (C=O) groups is 1. The van der Waals surface area contributed by atoms with Crippen molar-refractivity contribution in [3.05, 3.63) is 119 Å². The highest BCUT2D eigenvalue weighted by Gasteiger charge is 2.24. The molecule has 0 saturated carbocycles. The van der Waals surface area contributed by atoms with Crippen LogP contribution in [0.15, 0.2) is 91.3 Å².